The number of nitrogens with two attached hydrogens (primary N) is 2. The zero-order valence-corrected chi connectivity index (χ0v) is 13.3. The van der Waals surface area contributed by atoms with Gasteiger partial charge in [-0.25, -0.2) is 4.99 Å². The highest BCUT2D eigenvalue weighted by Gasteiger charge is 2.34. The lowest BCUT2D eigenvalue weighted by Crippen LogP contribution is -2.53. The topological polar surface area (TPSA) is 73.6 Å². The van der Waals surface area contributed by atoms with Crippen LogP contribution in [0, 0.1) is 0 Å². The molecule has 1 aliphatic heterocycles. The lowest BCUT2D eigenvalue weighted by atomic mass is 9.83. The first-order valence-electron chi connectivity index (χ1n) is 7.32. The fraction of sp³-hybridized carbons (Fsp3) is 0.167. The van der Waals surface area contributed by atoms with Gasteiger partial charge in [0, 0.05) is 6.21 Å². The predicted octanol–water partition coefficient (Wildman–Crippen LogP) is 2.91. The molecule has 0 spiro atoms. The van der Waals surface area contributed by atoms with Crippen molar-refractivity contribution >= 4 is 17.8 Å². The van der Waals surface area contributed by atoms with Crippen LogP contribution in [0.15, 0.2) is 70.8 Å². The number of halogens is 1. The largest absolute Gasteiger partial charge is 0.489 e. The lowest BCUT2D eigenvalue weighted by Gasteiger charge is -2.33. The molecule has 5 heteroatoms. The fourth-order valence-electron chi connectivity index (χ4n) is 2.46. The summed E-state index contributed by atoms with van der Waals surface area (Å²) in [7, 11) is 0. The van der Waals surface area contributed by atoms with Gasteiger partial charge in [-0.15, -0.1) is 0 Å². The molecule has 0 saturated heterocycles. The summed E-state index contributed by atoms with van der Waals surface area (Å²) in [6.45, 7) is 0.520. The first-order chi connectivity index (χ1) is 11.1. The van der Waals surface area contributed by atoms with Crippen LogP contribution >= 0.6 is 11.6 Å². The first-order valence-corrected chi connectivity index (χ1v) is 7.70. The van der Waals surface area contributed by atoms with Crippen molar-refractivity contribution in [1.29, 1.82) is 0 Å². The molecule has 0 radical (unpaired) electrons. The normalized spacial score (nSPS) is 23.4. The standard InChI is InChI=1S/C18H18ClN3O/c19-17-10-18(21,16(20)11-22-17)14-6-8-15(9-7-14)23-12-13-4-2-1-3-5-13/h1-11,16H,12,20-21H2. The number of aliphatic imine (C=N–C) groups is 1. The zero-order chi connectivity index (χ0) is 16.3. The van der Waals surface area contributed by atoms with Gasteiger partial charge in [0.25, 0.3) is 0 Å². The van der Waals surface area contributed by atoms with E-state index in [2.05, 4.69) is 4.99 Å². The minimum Gasteiger partial charge on any atom is -0.489 e. The molecule has 2 atom stereocenters. The van der Waals surface area contributed by atoms with Gasteiger partial charge in [-0.3, -0.25) is 0 Å². The Balaban J connectivity index is 1.73. The highest BCUT2D eigenvalue weighted by Crippen LogP contribution is 2.29. The van der Waals surface area contributed by atoms with Crippen molar-refractivity contribution in [3.05, 3.63) is 77.0 Å². The zero-order valence-electron chi connectivity index (χ0n) is 12.5. The lowest BCUT2D eigenvalue weighted by molar-refractivity contribution is 0.306. The van der Waals surface area contributed by atoms with Gasteiger partial charge in [-0.2, -0.15) is 0 Å². The Labute approximate surface area is 140 Å². The Kier molecular flexibility index (Phi) is 4.48. The molecule has 0 aliphatic carbocycles. The van der Waals surface area contributed by atoms with E-state index in [4.69, 9.17) is 27.8 Å². The number of rotatable bonds is 4. The van der Waals surface area contributed by atoms with Crippen LogP contribution in [0.1, 0.15) is 11.1 Å². The van der Waals surface area contributed by atoms with E-state index in [1.54, 1.807) is 12.3 Å². The van der Waals surface area contributed by atoms with Crippen LogP contribution in [-0.2, 0) is 12.1 Å². The van der Waals surface area contributed by atoms with Gasteiger partial charge < -0.3 is 16.2 Å². The summed E-state index contributed by atoms with van der Waals surface area (Å²) in [5.41, 5.74) is 13.6. The molecule has 0 saturated carbocycles. The maximum atomic E-state index is 6.41. The SMILES string of the molecule is NC1C=NC(Cl)=CC1(N)c1ccc(OCc2ccccc2)cc1. The summed E-state index contributed by atoms with van der Waals surface area (Å²) in [4.78, 5) is 3.98. The molecular formula is C18H18ClN3O. The van der Waals surface area contributed by atoms with E-state index in [1.165, 1.54) is 0 Å². The summed E-state index contributed by atoms with van der Waals surface area (Å²) >= 11 is 5.97. The average Bonchev–Trinajstić information content (AvgIpc) is 2.58. The van der Waals surface area contributed by atoms with Gasteiger partial charge in [-0.1, -0.05) is 54.1 Å². The van der Waals surface area contributed by atoms with Crippen LogP contribution in [0.3, 0.4) is 0 Å². The highest BCUT2D eigenvalue weighted by molar-refractivity contribution is 6.30. The number of nitrogens with zero attached hydrogens (tertiary/aromatic N) is 1. The van der Waals surface area contributed by atoms with E-state index >= 15 is 0 Å². The molecule has 2 aromatic carbocycles. The van der Waals surface area contributed by atoms with Crippen LogP contribution in [0.2, 0.25) is 0 Å². The fourth-order valence-corrected chi connectivity index (χ4v) is 2.70. The first kappa shape index (κ1) is 15.7. The summed E-state index contributed by atoms with van der Waals surface area (Å²) in [6.07, 6.45) is 3.25. The monoisotopic (exact) mass is 327 g/mol. The summed E-state index contributed by atoms with van der Waals surface area (Å²) < 4.78 is 5.78. The molecule has 0 aromatic heterocycles. The Hall–Kier alpha value is -2.14. The van der Waals surface area contributed by atoms with Crippen molar-refractivity contribution in [1.82, 2.24) is 0 Å². The summed E-state index contributed by atoms with van der Waals surface area (Å²) in [6, 6.07) is 17.1. The van der Waals surface area contributed by atoms with Crippen molar-refractivity contribution in [3.8, 4) is 5.75 Å². The van der Waals surface area contributed by atoms with Crippen LogP contribution in [0.4, 0.5) is 0 Å². The van der Waals surface area contributed by atoms with Gasteiger partial charge in [0.15, 0.2) is 0 Å². The second-order valence-electron chi connectivity index (χ2n) is 5.50. The van der Waals surface area contributed by atoms with E-state index in [-0.39, 0.29) is 0 Å². The molecule has 23 heavy (non-hydrogen) atoms. The Morgan fingerprint density at radius 3 is 2.48 bits per heavy atom. The van der Waals surface area contributed by atoms with Crippen molar-refractivity contribution in [2.45, 2.75) is 18.2 Å². The average molecular weight is 328 g/mol. The quantitative estimate of drug-likeness (QED) is 0.848. The minimum absolute atomic E-state index is 0.346. The molecular weight excluding hydrogens is 310 g/mol. The molecule has 4 nitrogen and oxygen atoms in total. The van der Waals surface area contributed by atoms with Crippen LogP contribution in [0.5, 0.6) is 5.75 Å². The Bertz CT molecular complexity index is 728. The summed E-state index contributed by atoms with van der Waals surface area (Å²) in [5.74, 6) is 0.773. The van der Waals surface area contributed by atoms with E-state index in [9.17, 15) is 0 Å². The van der Waals surface area contributed by atoms with Gasteiger partial charge >= 0.3 is 0 Å². The van der Waals surface area contributed by atoms with Crippen LogP contribution in [0.25, 0.3) is 0 Å². The number of hydrogen-bond donors (Lipinski definition) is 2. The molecule has 2 unspecified atom stereocenters. The predicted molar refractivity (Wildman–Crippen MR) is 93.5 cm³/mol. The third kappa shape index (κ3) is 3.45. The van der Waals surface area contributed by atoms with E-state index < -0.39 is 11.6 Å². The minimum atomic E-state index is -0.864. The van der Waals surface area contributed by atoms with Gasteiger partial charge in [0.05, 0.1) is 11.6 Å². The summed E-state index contributed by atoms with van der Waals surface area (Å²) in [5, 5.41) is 0.346. The molecule has 1 heterocycles. The maximum Gasteiger partial charge on any atom is 0.126 e. The number of ether oxygens (including phenoxy) is 1. The highest BCUT2D eigenvalue weighted by atomic mass is 35.5. The second-order valence-corrected chi connectivity index (χ2v) is 5.89. The van der Waals surface area contributed by atoms with Gasteiger partial charge in [0.1, 0.15) is 17.5 Å². The van der Waals surface area contributed by atoms with Crippen molar-refractivity contribution in [2.75, 3.05) is 0 Å². The molecule has 1 aliphatic rings. The van der Waals surface area contributed by atoms with Crippen molar-refractivity contribution in [3.63, 3.8) is 0 Å². The van der Waals surface area contributed by atoms with Crippen LogP contribution in [-0.4, -0.2) is 12.3 Å². The number of benzene rings is 2. The molecule has 2 aromatic rings. The third-order valence-corrected chi connectivity index (χ3v) is 4.08. The molecule has 0 amide bonds. The molecule has 118 valence electrons. The third-order valence-electron chi connectivity index (χ3n) is 3.87. The van der Waals surface area contributed by atoms with Gasteiger partial charge in [0.2, 0.25) is 0 Å². The van der Waals surface area contributed by atoms with E-state index in [1.807, 2.05) is 54.6 Å². The Morgan fingerprint density at radius 2 is 1.78 bits per heavy atom. The smallest absolute Gasteiger partial charge is 0.126 e. The molecule has 3 rings (SSSR count). The van der Waals surface area contributed by atoms with Gasteiger partial charge in [-0.05, 0) is 29.3 Å². The van der Waals surface area contributed by atoms with Crippen LogP contribution < -0.4 is 16.2 Å². The molecule has 0 bridgehead atoms. The molecule has 4 N–H and O–H groups in total. The maximum absolute atomic E-state index is 6.41. The molecule has 0 fully saturated rings. The Morgan fingerprint density at radius 1 is 1.09 bits per heavy atom. The van der Waals surface area contributed by atoms with E-state index in [0.29, 0.717) is 11.8 Å². The number of hydrogen-bond acceptors (Lipinski definition) is 4. The van der Waals surface area contributed by atoms with Crippen molar-refractivity contribution < 1.29 is 4.74 Å². The second kappa shape index (κ2) is 6.54. The van der Waals surface area contributed by atoms with Crippen molar-refractivity contribution in [2.24, 2.45) is 16.5 Å². The van der Waals surface area contributed by atoms with E-state index in [0.717, 1.165) is 16.9 Å².